The highest BCUT2D eigenvalue weighted by Gasteiger charge is 2.14. The van der Waals surface area contributed by atoms with Crippen molar-refractivity contribution in [3.63, 3.8) is 0 Å². The third-order valence-corrected chi connectivity index (χ3v) is 4.30. The molecule has 3 heteroatoms. The number of rotatable bonds is 4. The Labute approximate surface area is 119 Å². The van der Waals surface area contributed by atoms with Gasteiger partial charge in [-0.1, -0.05) is 22.9 Å². The summed E-state index contributed by atoms with van der Waals surface area (Å²) in [5.74, 6) is 0.919. The zero-order valence-corrected chi connectivity index (χ0v) is 13.0. The summed E-state index contributed by atoms with van der Waals surface area (Å²) in [6.45, 7) is 9.24. The summed E-state index contributed by atoms with van der Waals surface area (Å²) in [6.07, 6.45) is 2.72. The fourth-order valence-corrected chi connectivity index (χ4v) is 2.94. The van der Waals surface area contributed by atoms with Gasteiger partial charge in [0, 0.05) is 23.2 Å². The SMILES string of the molecule is Cc1cc(Br)ccc1NCCN1CCC(C)CC1. The molecular weight excluding hydrogens is 288 g/mol. The Hall–Kier alpha value is -0.540. The maximum Gasteiger partial charge on any atom is 0.0371 e. The van der Waals surface area contributed by atoms with Gasteiger partial charge in [0.1, 0.15) is 0 Å². The van der Waals surface area contributed by atoms with Crippen molar-refractivity contribution in [2.24, 2.45) is 5.92 Å². The van der Waals surface area contributed by atoms with Crippen molar-refractivity contribution in [2.45, 2.75) is 26.7 Å². The van der Waals surface area contributed by atoms with Crippen LogP contribution < -0.4 is 5.32 Å². The van der Waals surface area contributed by atoms with Crippen molar-refractivity contribution in [3.8, 4) is 0 Å². The summed E-state index contributed by atoms with van der Waals surface area (Å²) in [6, 6.07) is 6.40. The van der Waals surface area contributed by atoms with Gasteiger partial charge in [0.25, 0.3) is 0 Å². The minimum Gasteiger partial charge on any atom is -0.384 e. The Morgan fingerprint density at radius 2 is 2.06 bits per heavy atom. The number of piperidine rings is 1. The number of nitrogens with zero attached hydrogens (tertiary/aromatic N) is 1. The first kappa shape index (κ1) is 13.9. The summed E-state index contributed by atoms with van der Waals surface area (Å²) >= 11 is 3.50. The molecule has 1 heterocycles. The molecule has 1 aliphatic heterocycles. The Bertz CT molecular complexity index is 384. The molecule has 1 N–H and O–H groups in total. The molecule has 0 spiro atoms. The number of hydrogen-bond donors (Lipinski definition) is 1. The van der Waals surface area contributed by atoms with Gasteiger partial charge in [0.05, 0.1) is 0 Å². The molecule has 1 aromatic carbocycles. The molecule has 0 bridgehead atoms. The van der Waals surface area contributed by atoms with E-state index < -0.39 is 0 Å². The molecule has 0 aliphatic carbocycles. The molecule has 1 aliphatic rings. The molecule has 0 atom stereocenters. The fraction of sp³-hybridized carbons (Fsp3) is 0.600. The molecule has 1 saturated heterocycles. The molecule has 0 unspecified atom stereocenters. The number of aryl methyl sites for hydroxylation is 1. The first-order chi connectivity index (χ1) is 8.65. The van der Waals surface area contributed by atoms with Crippen LogP contribution in [0.15, 0.2) is 22.7 Å². The maximum atomic E-state index is 3.54. The Morgan fingerprint density at radius 3 is 2.72 bits per heavy atom. The van der Waals surface area contributed by atoms with Gasteiger partial charge in [-0.05, 0) is 62.5 Å². The molecule has 2 rings (SSSR count). The van der Waals surface area contributed by atoms with Gasteiger partial charge >= 0.3 is 0 Å². The highest BCUT2D eigenvalue weighted by atomic mass is 79.9. The van der Waals surface area contributed by atoms with E-state index in [0.717, 1.165) is 23.5 Å². The number of hydrogen-bond acceptors (Lipinski definition) is 2. The first-order valence-corrected chi connectivity index (χ1v) is 7.67. The molecular formula is C15H23BrN2. The van der Waals surface area contributed by atoms with Crippen LogP contribution >= 0.6 is 15.9 Å². The lowest BCUT2D eigenvalue weighted by molar-refractivity contribution is 0.199. The van der Waals surface area contributed by atoms with Crippen LogP contribution in [0.25, 0.3) is 0 Å². The number of halogens is 1. The number of anilines is 1. The van der Waals surface area contributed by atoms with Crippen LogP contribution in [0.5, 0.6) is 0 Å². The second-order valence-corrected chi connectivity index (χ2v) is 6.33. The minimum atomic E-state index is 0.919. The predicted octanol–water partition coefficient (Wildman–Crippen LogP) is 3.90. The number of benzene rings is 1. The average Bonchev–Trinajstić information content (AvgIpc) is 2.34. The average molecular weight is 311 g/mol. The fourth-order valence-electron chi connectivity index (χ4n) is 2.46. The van der Waals surface area contributed by atoms with E-state index >= 15 is 0 Å². The lowest BCUT2D eigenvalue weighted by Gasteiger charge is -2.30. The van der Waals surface area contributed by atoms with Crippen molar-refractivity contribution >= 4 is 21.6 Å². The van der Waals surface area contributed by atoms with Crippen LogP contribution in [0.1, 0.15) is 25.3 Å². The van der Waals surface area contributed by atoms with E-state index in [1.165, 1.54) is 37.2 Å². The van der Waals surface area contributed by atoms with E-state index in [1.807, 2.05) is 0 Å². The molecule has 0 aromatic heterocycles. The molecule has 100 valence electrons. The monoisotopic (exact) mass is 310 g/mol. The third-order valence-electron chi connectivity index (χ3n) is 3.81. The van der Waals surface area contributed by atoms with Crippen molar-refractivity contribution in [1.82, 2.24) is 4.90 Å². The zero-order valence-electron chi connectivity index (χ0n) is 11.4. The maximum absolute atomic E-state index is 3.54. The van der Waals surface area contributed by atoms with E-state index in [-0.39, 0.29) is 0 Å². The minimum absolute atomic E-state index is 0.919. The third kappa shape index (κ3) is 3.99. The van der Waals surface area contributed by atoms with Crippen molar-refractivity contribution in [1.29, 1.82) is 0 Å². The number of likely N-dealkylation sites (tertiary alicyclic amines) is 1. The highest BCUT2D eigenvalue weighted by Crippen LogP contribution is 2.20. The van der Waals surface area contributed by atoms with Gasteiger partial charge in [-0.2, -0.15) is 0 Å². The molecule has 0 radical (unpaired) electrons. The molecule has 1 aromatic rings. The topological polar surface area (TPSA) is 15.3 Å². The molecule has 18 heavy (non-hydrogen) atoms. The summed E-state index contributed by atoms with van der Waals surface area (Å²) in [7, 11) is 0. The second kappa shape index (κ2) is 6.58. The summed E-state index contributed by atoms with van der Waals surface area (Å²) in [5.41, 5.74) is 2.56. The molecule has 2 nitrogen and oxygen atoms in total. The summed E-state index contributed by atoms with van der Waals surface area (Å²) in [5, 5.41) is 3.54. The van der Waals surface area contributed by atoms with Gasteiger partial charge in [-0.15, -0.1) is 0 Å². The van der Waals surface area contributed by atoms with Crippen LogP contribution in [0.2, 0.25) is 0 Å². The molecule has 1 fully saturated rings. The van der Waals surface area contributed by atoms with E-state index in [0.29, 0.717) is 0 Å². The lowest BCUT2D eigenvalue weighted by atomic mass is 9.99. The van der Waals surface area contributed by atoms with Gasteiger partial charge in [-0.25, -0.2) is 0 Å². The van der Waals surface area contributed by atoms with Gasteiger partial charge in [-0.3, -0.25) is 0 Å². The van der Waals surface area contributed by atoms with E-state index in [2.05, 4.69) is 58.2 Å². The predicted molar refractivity (Wildman–Crippen MR) is 82.2 cm³/mol. The highest BCUT2D eigenvalue weighted by molar-refractivity contribution is 9.10. The van der Waals surface area contributed by atoms with Gasteiger partial charge in [0.15, 0.2) is 0 Å². The number of nitrogens with one attached hydrogen (secondary N) is 1. The van der Waals surface area contributed by atoms with Crippen molar-refractivity contribution in [2.75, 3.05) is 31.5 Å². The Balaban J connectivity index is 1.75. The Morgan fingerprint density at radius 1 is 1.33 bits per heavy atom. The Kier molecular flexibility index (Phi) is 5.07. The summed E-state index contributed by atoms with van der Waals surface area (Å²) < 4.78 is 1.15. The standard InChI is InChI=1S/C15H23BrN2/c1-12-5-8-18(9-6-12)10-7-17-15-4-3-14(16)11-13(15)2/h3-4,11-12,17H,5-10H2,1-2H3. The van der Waals surface area contributed by atoms with Crippen molar-refractivity contribution in [3.05, 3.63) is 28.2 Å². The van der Waals surface area contributed by atoms with E-state index in [4.69, 9.17) is 0 Å². The lowest BCUT2D eigenvalue weighted by Crippen LogP contribution is -2.36. The quantitative estimate of drug-likeness (QED) is 0.907. The first-order valence-electron chi connectivity index (χ1n) is 6.87. The van der Waals surface area contributed by atoms with Gasteiger partial charge in [0.2, 0.25) is 0 Å². The summed E-state index contributed by atoms with van der Waals surface area (Å²) in [4.78, 5) is 2.57. The zero-order chi connectivity index (χ0) is 13.0. The van der Waals surface area contributed by atoms with Crippen LogP contribution in [0.3, 0.4) is 0 Å². The second-order valence-electron chi connectivity index (χ2n) is 5.41. The van der Waals surface area contributed by atoms with Crippen LogP contribution in [0, 0.1) is 12.8 Å². The van der Waals surface area contributed by atoms with E-state index in [1.54, 1.807) is 0 Å². The van der Waals surface area contributed by atoms with Crippen molar-refractivity contribution < 1.29 is 0 Å². The molecule has 0 saturated carbocycles. The van der Waals surface area contributed by atoms with Crippen LogP contribution in [-0.4, -0.2) is 31.1 Å². The smallest absolute Gasteiger partial charge is 0.0371 e. The van der Waals surface area contributed by atoms with E-state index in [9.17, 15) is 0 Å². The largest absolute Gasteiger partial charge is 0.384 e. The normalized spacial score (nSPS) is 17.9. The molecule has 0 amide bonds. The van der Waals surface area contributed by atoms with Gasteiger partial charge < -0.3 is 10.2 Å². The van der Waals surface area contributed by atoms with Crippen LogP contribution in [-0.2, 0) is 0 Å². The van der Waals surface area contributed by atoms with Crippen LogP contribution in [0.4, 0.5) is 5.69 Å².